The fourth-order valence-corrected chi connectivity index (χ4v) is 6.86. The lowest BCUT2D eigenvalue weighted by Gasteiger charge is -2.25. The molecule has 242 valence electrons. The van der Waals surface area contributed by atoms with Crippen molar-refractivity contribution in [1.82, 2.24) is 0 Å². The predicted octanol–water partition coefficient (Wildman–Crippen LogP) is 14.5. The fourth-order valence-electron chi connectivity index (χ4n) is 5.88. The van der Waals surface area contributed by atoms with E-state index in [0.29, 0.717) is 0 Å². The first-order valence-electron chi connectivity index (χ1n) is 16.5. The summed E-state index contributed by atoms with van der Waals surface area (Å²) in [6, 6.07) is 63.5. The van der Waals surface area contributed by atoms with Gasteiger partial charge in [-0.15, -0.1) is 0 Å². The quantitative estimate of drug-likeness (QED) is 0.128. The normalized spacial score (nSPS) is 11.2. The van der Waals surface area contributed by atoms with Crippen LogP contribution in [-0.4, -0.2) is 0 Å². The molecule has 0 radical (unpaired) electrons. The summed E-state index contributed by atoms with van der Waals surface area (Å²) in [7, 11) is 0. The fraction of sp³-hybridized carbons (Fsp3) is 0. The second-order valence-electron chi connectivity index (χ2n) is 11.8. The molecule has 0 bridgehead atoms. The summed E-state index contributed by atoms with van der Waals surface area (Å²) in [5.41, 5.74) is 11.2. The average Bonchev–Trinajstić information content (AvgIpc) is 3.17. The van der Waals surface area contributed by atoms with Gasteiger partial charge in [-0.3, -0.25) is 0 Å². The predicted molar refractivity (Wildman–Crippen MR) is 222 cm³/mol. The minimum Gasteiger partial charge on any atom is -0.311 e. The zero-order chi connectivity index (χ0) is 34.1. The van der Waals surface area contributed by atoms with Crippen LogP contribution in [0.25, 0.3) is 24.3 Å². The zero-order valence-corrected chi connectivity index (χ0v) is 30.5. The van der Waals surface area contributed by atoms with Gasteiger partial charge in [0.2, 0.25) is 0 Å². The van der Waals surface area contributed by atoms with Gasteiger partial charge in [0, 0.05) is 43.1 Å². The minimum absolute atomic E-state index is 1.03. The van der Waals surface area contributed by atoms with Crippen molar-refractivity contribution in [3.63, 3.8) is 0 Å². The highest BCUT2D eigenvalue weighted by Crippen LogP contribution is 2.36. The van der Waals surface area contributed by atoms with Crippen LogP contribution < -0.4 is 9.80 Å². The van der Waals surface area contributed by atoms with Crippen LogP contribution >= 0.6 is 31.9 Å². The van der Waals surface area contributed by atoms with Crippen LogP contribution in [0.1, 0.15) is 22.3 Å². The molecule has 0 aliphatic carbocycles. The second-order valence-corrected chi connectivity index (χ2v) is 13.5. The topological polar surface area (TPSA) is 6.48 Å². The summed E-state index contributed by atoms with van der Waals surface area (Å²) >= 11 is 7.63. The second kappa shape index (κ2) is 15.9. The first-order chi connectivity index (χ1) is 24.6. The molecule has 0 atom stereocenters. The number of anilines is 6. The van der Waals surface area contributed by atoms with Gasteiger partial charge in [0.05, 0.1) is 0 Å². The van der Waals surface area contributed by atoms with Crippen molar-refractivity contribution in [2.75, 3.05) is 9.80 Å². The first kappa shape index (κ1) is 33.1. The summed E-state index contributed by atoms with van der Waals surface area (Å²) in [5.74, 6) is 0. The Kier molecular flexibility index (Phi) is 10.5. The first-order valence-corrected chi connectivity index (χ1v) is 18.1. The summed E-state index contributed by atoms with van der Waals surface area (Å²) in [4.78, 5) is 4.54. The Bertz CT molecular complexity index is 1960. The number of rotatable bonds is 10. The van der Waals surface area contributed by atoms with Crippen LogP contribution in [-0.2, 0) is 0 Å². The number of nitrogens with zero attached hydrogens (tertiary/aromatic N) is 2. The van der Waals surface area contributed by atoms with Crippen molar-refractivity contribution in [3.8, 4) is 0 Å². The highest BCUT2D eigenvalue weighted by Gasteiger charge is 2.13. The summed E-state index contributed by atoms with van der Waals surface area (Å²) in [6.45, 7) is 0. The van der Waals surface area contributed by atoms with Gasteiger partial charge in [-0.1, -0.05) is 153 Å². The standard InChI is InChI=1S/C46H34Br2N2/c47-45-34-38(28-22-36-25-31-44(32-26-36)50(41-17-9-3-10-18-41)42-19-11-4-12-20-42)46(48)33-37(45)27-21-35-23-29-43(30-24-35)49(39-13-5-1-6-14-39)40-15-7-2-8-16-40/h1-34H. The van der Waals surface area contributed by atoms with Crippen molar-refractivity contribution in [2.24, 2.45) is 0 Å². The van der Waals surface area contributed by atoms with Crippen molar-refractivity contribution in [3.05, 3.63) is 213 Å². The molecule has 2 nitrogen and oxygen atoms in total. The van der Waals surface area contributed by atoms with E-state index in [0.717, 1.165) is 65.3 Å². The van der Waals surface area contributed by atoms with E-state index in [4.69, 9.17) is 0 Å². The minimum atomic E-state index is 1.03. The number of para-hydroxylation sites is 4. The molecule has 0 N–H and O–H groups in total. The Balaban J connectivity index is 1.06. The van der Waals surface area contributed by atoms with Gasteiger partial charge in [-0.05, 0) is 107 Å². The maximum absolute atomic E-state index is 3.82. The largest absolute Gasteiger partial charge is 0.311 e. The van der Waals surface area contributed by atoms with Gasteiger partial charge < -0.3 is 9.80 Å². The zero-order valence-electron chi connectivity index (χ0n) is 27.3. The van der Waals surface area contributed by atoms with E-state index < -0.39 is 0 Å². The third kappa shape index (κ3) is 7.89. The molecule has 0 amide bonds. The Morgan fingerprint density at radius 1 is 0.300 bits per heavy atom. The molecular weight excluding hydrogens is 740 g/mol. The van der Waals surface area contributed by atoms with Gasteiger partial charge in [0.25, 0.3) is 0 Å². The Hall–Kier alpha value is -5.42. The van der Waals surface area contributed by atoms with Gasteiger partial charge in [0.15, 0.2) is 0 Å². The van der Waals surface area contributed by atoms with E-state index in [1.807, 2.05) is 24.3 Å². The molecule has 0 saturated heterocycles. The molecule has 50 heavy (non-hydrogen) atoms. The van der Waals surface area contributed by atoms with Gasteiger partial charge >= 0.3 is 0 Å². The Morgan fingerprint density at radius 3 is 0.840 bits per heavy atom. The number of halogens is 2. The van der Waals surface area contributed by atoms with Crippen LogP contribution in [0.5, 0.6) is 0 Å². The number of hydrogen-bond donors (Lipinski definition) is 0. The van der Waals surface area contributed by atoms with Gasteiger partial charge in [0.1, 0.15) is 0 Å². The number of hydrogen-bond acceptors (Lipinski definition) is 2. The highest BCUT2D eigenvalue weighted by atomic mass is 79.9. The molecule has 0 heterocycles. The van der Waals surface area contributed by atoms with Crippen LogP contribution in [0.15, 0.2) is 191 Å². The Labute approximate surface area is 311 Å². The molecule has 0 aromatic heterocycles. The molecule has 7 aromatic carbocycles. The van der Waals surface area contributed by atoms with Crippen LogP contribution in [0.4, 0.5) is 34.1 Å². The molecular formula is C46H34Br2N2. The number of benzene rings is 7. The third-order valence-electron chi connectivity index (χ3n) is 8.39. The molecule has 4 heteroatoms. The molecule has 0 spiro atoms. The maximum Gasteiger partial charge on any atom is 0.0462 e. The van der Waals surface area contributed by atoms with Crippen molar-refractivity contribution in [2.45, 2.75) is 0 Å². The van der Waals surface area contributed by atoms with E-state index in [-0.39, 0.29) is 0 Å². The third-order valence-corrected chi connectivity index (χ3v) is 9.76. The highest BCUT2D eigenvalue weighted by molar-refractivity contribution is 9.11. The van der Waals surface area contributed by atoms with Gasteiger partial charge in [-0.2, -0.15) is 0 Å². The van der Waals surface area contributed by atoms with Crippen LogP contribution in [0, 0.1) is 0 Å². The lowest BCUT2D eigenvalue weighted by Crippen LogP contribution is -2.09. The van der Waals surface area contributed by atoms with E-state index in [2.05, 4.69) is 224 Å². The molecule has 7 aromatic rings. The molecule has 7 rings (SSSR count). The van der Waals surface area contributed by atoms with E-state index in [1.54, 1.807) is 0 Å². The SMILES string of the molecule is Brc1cc(C=Cc2ccc(N(c3ccccc3)c3ccccc3)cc2)c(Br)cc1C=Cc1ccc(N(c2ccccc2)c2ccccc2)cc1. The molecule has 0 saturated carbocycles. The lowest BCUT2D eigenvalue weighted by atomic mass is 10.1. The lowest BCUT2D eigenvalue weighted by molar-refractivity contribution is 1.28. The molecule has 0 fully saturated rings. The van der Waals surface area contributed by atoms with Crippen LogP contribution in [0.2, 0.25) is 0 Å². The Morgan fingerprint density at radius 2 is 0.560 bits per heavy atom. The monoisotopic (exact) mass is 772 g/mol. The smallest absolute Gasteiger partial charge is 0.0462 e. The van der Waals surface area contributed by atoms with E-state index in [1.165, 1.54) is 0 Å². The summed E-state index contributed by atoms with van der Waals surface area (Å²) < 4.78 is 2.06. The van der Waals surface area contributed by atoms with Crippen molar-refractivity contribution < 1.29 is 0 Å². The summed E-state index contributed by atoms with van der Waals surface area (Å²) in [5, 5.41) is 0. The average molecular weight is 775 g/mol. The van der Waals surface area contributed by atoms with E-state index in [9.17, 15) is 0 Å². The molecule has 0 aliphatic heterocycles. The maximum atomic E-state index is 3.82. The molecule has 0 aliphatic rings. The molecule has 0 unspecified atom stereocenters. The van der Waals surface area contributed by atoms with Gasteiger partial charge in [-0.25, -0.2) is 0 Å². The van der Waals surface area contributed by atoms with Crippen molar-refractivity contribution >= 4 is 90.3 Å². The van der Waals surface area contributed by atoms with Crippen molar-refractivity contribution in [1.29, 1.82) is 0 Å². The van der Waals surface area contributed by atoms with Crippen LogP contribution in [0.3, 0.4) is 0 Å². The summed E-state index contributed by atoms with van der Waals surface area (Å²) in [6.07, 6.45) is 8.59. The van der Waals surface area contributed by atoms with E-state index >= 15 is 0 Å².